The third-order valence-electron chi connectivity index (χ3n) is 13.6. The summed E-state index contributed by atoms with van der Waals surface area (Å²) in [4.78, 5) is 0. The van der Waals surface area contributed by atoms with Crippen LogP contribution in [-0.4, -0.2) is 4.57 Å². The highest BCUT2D eigenvalue weighted by Gasteiger charge is 2.20. The first kappa shape index (κ1) is 37.1. The van der Waals surface area contributed by atoms with Gasteiger partial charge in [-0.05, 0) is 123 Å². The largest absolute Gasteiger partial charge is 0.309 e. The Morgan fingerprint density at radius 2 is 0.723 bits per heavy atom. The van der Waals surface area contributed by atoms with Gasteiger partial charge >= 0.3 is 0 Å². The quantitative estimate of drug-likeness (QED) is 0.116. The van der Waals surface area contributed by atoms with E-state index in [-0.39, 0.29) is 0 Å². The Labute approximate surface area is 377 Å². The van der Waals surface area contributed by atoms with Gasteiger partial charge in [-0.2, -0.15) is 0 Å². The van der Waals surface area contributed by atoms with Crippen LogP contribution in [-0.2, 0) is 0 Å². The smallest absolute Gasteiger partial charge is 0.0547 e. The number of hydrogen-bond donors (Lipinski definition) is 0. The van der Waals surface area contributed by atoms with Crippen molar-refractivity contribution in [3.8, 4) is 39.1 Å². The summed E-state index contributed by atoms with van der Waals surface area (Å²) in [6.45, 7) is 0. The third kappa shape index (κ3) is 5.94. The SMILES string of the molecule is C(=C\c1ccc(-c2c3ccccc3c(-c3ccc4c5ccccc5n(-c5ccccc5)c4c3)c3ccccc23)c2ccccc12)/c1ccc(-c2cccc3ccccc23)c2ccccc12. The van der Waals surface area contributed by atoms with E-state index in [0.717, 1.165) is 5.69 Å². The highest BCUT2D eigenvalue weighted by Crippen LogP contribution is 2.47. The van der Waals surface area contributed by atoms with Gasteiger partial charge in [0.1, 0.15) is 0 Å². The summed E-state index contributed by atoms with van der Waals surface area (Å²) >= 11 is 0. The fraction of sp³-hybridized carbons (Fsp3) is 0. The van der Waals surface area contributed by atoms with Crippen LogP contribution < -0.4 is 0 Å². The molecule has 0 bridgehead atoms. The molecule has 1 heterocycles. The summed E-state index contributed by atoms with van der Waals surface area (Å²) in [5.74, 6) is 0. The van der Waals surface area contributed by atoms with Crippen molar-refractivity contribution in [3.63, 3.8) is 0 Å². The van der Waals surface area contributed by atoms with E-state index in [1.807, 2.05) is 0 Å². The van der Waals surface area contributed by atoms with Crippen molar-refractivity contribution in [2.24, 2.45) is 0 Å². The number of aromatic nitrogens is 1. The fourth-order valence-corrected chi connectivity index (χ4v) is 10.7. The van der Waals surface area contributed by atoms with E-state index in [0.29, 0.717) is 0 Å². The number of rotatable bonds is 6. The van der Waals surface area contributed by atoms with E-state index in [4.69, 9.17) is 0 Å². The van der Waals surface area contributed by atoms with Crippen molar-refractivity contribution in [3.05, 3.63) is 248 Å². The summed E-state index contributed by atoms with van der Waals surface area (Å²) in [6.07, 6.45) is 4.60. The molecule has 13 rings (SSSR count). The molecule has 0 aliphatic carbocycles. The van der Waals surface area contributed by atoms with E-state index >= 15 is 0 Å². The summed E-state index contributed by atoms with van der Waals surface area (Å²) in [5.41, 5.74) is 13.5. The monoisotopic (exact) mass is 823 g/mol. The summed E-state index contributed by atoms with van der Waals surface area (Å²) in [5, 5.41) is 15.0. The van der Waals surface area contributed by atoms with Crippen LogP contribution in [0.15, 0.2) is 237 Å². The molecule has 0 saturated heterocycles. The van der Waals surface area contributed by atoms with Crippen molar-refractivity contribution in [2.45, 2.75) is 0 Å². The Bertz CT molecular complexity index is 3990. The second kappa shape index (κ2) is 15.1. The van der Waals surface area contributed by atoms with Crippen LogP contribution in [0.3, 0.4) is 0 Å². The molecular weight excluding hydrogens is 783 g/mol. The minimum absolute atomic E-state index is 1.16. The van der Waals surface area contributed by atoms with Gasteiger partial charge in [-0.25, -0.2) is 0 Å². The van der Waals surface area contributed by atoms with Gasteiger partial charge < -0.3 is 4.57 Å². The number of benzene rings is 12. The van der Waals surface area contributed by atoms with Crippen LogP contribution >= 0.6 is 0 Å². The topological polar surface area (TPSA) is 4.93 Å². The van der Waals surface area contributed by atoms with Gasteiger partial charge in [-0.15, -0.1) is 0 Å². The van der Waals surface area contributed by atoms with E-state index in [9.17, 15) is 0 Å². The maximum Gasteiger partial charge on any atom is 0.0547 e. The van der Waals surface area contributed by atoms with Gasteiger partial charge in [-0.3, -0.25) is 0 Å². The second-order valence-corrected chi connectivity index (χ2v) is 17.1. The molecule has 1 heteroatoms. The number of para-hydroxylation sites is 2. The van der Waals surface area contributed by atoms with Crippen molar-refractivity contribution >= 4 is 87.8 Å². The summed E-state index contributed by atoms with van der Waals surface area (Å²) < 4.78 is 2.42. The molecule has 0 spiro atoms. The lowest BCUT2D eigenvalue weighted by molar-refractivity contribution is 1.18. The fourth-order valence-electron chi connectivity index (χ4n) is 10.7. The molecule has 0 aliphatic heterocycles. The lowest BCUT2D eigenvalue weighted by Gasteiger charge is -2.19. The lowest BCUT2D eigenvalue weighted by Crippen LogP contribution is -1.94. The Balaban J connectivity index is 0.967. The molecule has 0 aliphatic rings. The maximum atomic E-state index is 2.42. The molecule has 302 valence electrons. The minimum atomic E-state index is 1.16. The zero-order valence-corrected chi connectivity index (χ0v) is 35.6. The van der Waals surface area contributed by atoms with E-state index in [2.05, 4.69) is 253 Å². The molecule has 1 nitrogen and oxygen atoms in total. The van der Waals surface area contributed by atoms with Gasteiger partial charge in [0.2, 0.25) is 0 Å². The van der Waals surface area contributed by atoms with Crippen molar-refractivity contribution < 1.29 is 0 Å². The Kier molecular flexibility index (Phi) is 8.60. The molecule has 0 atom stereocenters. The molecule has 12 aromatic carbocycles. The van der Waals surface area contributed by atoms with Crippen LogP contribution in [0.5, 0.6) is 0 Å². The summed E-state index contributed by atoms with van der Waals surface area (Å²) in [7, 11) is 0. The van der Waals surface area contributed by atoms with E-state index in [1.165, 1.54) is 120 Å². The first-order valence-electron chi connectivity index (χ1n) is 22.5. The molecule has 65 heavy (non-hydrogen) atoms. The van der Waals surface area contributed by atoms with E-state index in [1.54, 1.807) is 0 Å². The zero-order valence-electron chi connectivity index (χ0n) is 35.6. The molecule has 0 fully saturated rings. The summed E-state index contributed by atoms with van der Waals surface area (Å²) in [6, 6.07) is 86.9. The zero-order chi connectivity index (χ0) is 42.8. The number of nitrogens with zero attached hydrogens (tertiary/aromatic N) is 1. The van der Waals surface area contributed by atoms with Crippen LogP contribution in [0.1, 0.15) is 11.1 Å². The Morgan fingerprint density at radius 3 is 1.38 bits per heavy atom. The van der Waals surface area contributed by atoms with Gasteiger partial charge in [0.25, 0.3) is 0 Å². The standard InChI is InChI=1S/C64H41N/c1-2-19-46(20-3-1)65-61-32-15-14-26-54(61)55-39-37-45(41-62(55)65)63-56-27-10-12-29-58(56)64(59-30-13-11-28-57(59)63)60-40-36-44(49-23-7-9-25-52(49)60)34-33-43-35-38-53(50-24-8-6-22-48(43)50)51-31-16-18-42-17-4-5-21-47(42)51/h1-41H/b34-33+. The molecular formula is C64H41N. The first-order valence-corrected chi connectivity index (χ1v) is 22.5. The number of hydrogen-bond acceptors (Lipinski definition) is 0. The van der Waals surface area contributed by atoms with Crippen LogP contribution in [0, 0.1) is 0 Å². The van der Waals surface area contributed by atoms with Crippen LogP contribution in [0.4, 0.5) is 0 Å². The average Bonchev–Trinajstić information content (AvgIpc) is 3.71. The highest BCUT2D eigenvalue weighted by atomic mass is 15.0. The average molecular weight is 824 g/mol. The lowest BCUT2D eigenvalue weighted by atomic mass is 9.84. The second-order valence-electron chi connectivity index (χ2n) is 17.1. The Hall–Kier alpha value is -8.52. The molecule has 0 amide bonds. The first-order chi connectivity index (χ1) is 32.3. The van der Waals surface area contributed by atoms with Crippen molar-refractivity contribution in [2.75, 3.05) is 0 Å². The number of fused-ring (bicyclic) bond motifs is 8. The molecule has 13 aromatic rings. The van der Waals surface area contributed by atoms with Crippen molar-refractivity contribution in [1.82, 2.24) is 4.57 Å². The highest BCUT2D eigenvalue weighted by molar-refractivity contribution is 6.24. The van der Waals surface area contributed by atoms with Gasteiger partial charge in [0, 0.05) is 16.5 Å². The van der Waals surface area contributed by atoms with Gasteiger partial charge in [0.15, 0.2) is 0 Å². The van der Waals surface area contributed by atoms with Crippen molar-refractivity contribution in [1.29, 1.82) is 0 Å². The van der Waals surface area contributed by atoms with Crippen LogP contribution in [0.25, 0.3) is 127 Å². The Morgan fingerprint density at radius 1 is 0.262 bits per heavy atom. The minimum Gasteiger partial charge on any atom is -0.309 e. The third-order valence-corrected chi connectivity index (χ3v) is 13.6. The van der Waals surface area contributed by atoms with Gasteiger partial charge in [-0.1, -0.05) is 224 Å². The molecule has 0 N–H and O–H groups in total. The molecule has 0 unspecified atom stereocenters. The molecule has 1 aromatic heterocycles. The van der Waals surface area contributed by atoms with Crippen LogP contribution in [0.2, 0.25) is 0 Å². The normalized spacial score (nSPS) is 11.9. The van der Waals surface area contributed by atoms with E-state index < -0.39 is 0 Å². The molecule has 0 radical (unpaired) electrons. The maximum absolute atomic E-state index is 2.42. The van der Waals surface area contributed by atoms with Gasteiger partial charge in [0.05, 0.1) is 11.0 Å². The predicted molar refractivity (Wildman–Crippen MR) is 280 cm³/mol. The predicted octanol–water partition coefficient (Wildman–Crippen LogP) is 17.7. The molecule has 0 saturated carbocycles.